The van der Waals surface area contributed by atoms with Crippen molar-refractivity contribution in [3.8, 4) is 0 Å². The minimum atomic E-state index is -0.542. The Morgan fingerprint density at radius 1 is 1.38 bits per heavy atom. The standard InChI is InChI=1S/C16H30N2O3/c1-5-12(6-2)10-18(11-14(19)21-4)15(20)16(3)9-7-8-13(16)17/h12-13H,5-11,17H2,1-4H3. The Morgan fingerprint density at radius 3 is 2.43 bits per heavy atom. The van der Waals surface area contributed by atoms with Crippen molar-refractivity contribution in [3.63, 3.8) is 0 Å². The van der Waals surface area contributed by atoms with E-state index >= 15 is 0 Å². The molecule has 0 aromatic rings. The summed E-state index contributed by atoms with van der Waals surface area (Å²) in [6.45, 7) is 6.78. The first kappa shape index (κ1) is 18.0. The van der Waals surface area contributed by atoms with Crippen molar-refractivity contribution in [1.29, 1.82) is 0 Å². The molecule has 2 N–H and O–H groups in total. The highest BCUT2D eigenvalue weighted by atomic mass is 16.5. The van der Waals surface area contributed by atoms with Gasteiger partial charge in [0.2, 0.25) is 5.91 Å². The Bertz CT molecular complexity index is 369. The third kappa shape index (κ3) is 4.19. The number of carbonyl (C=O) groups is 2. The number of hydrogen-bond donors (Lipinski definition) is 1. The monoisotopic (exact) mass is 298 g/mol. The zero-order valence-electron chi connectivity index (χ0n) is 13.9. The predicted molar refractivity (Wildman–Crippen MR) is 82.6 cm³/mol. The molecular weight excluding hydrogens is 268 g/mol. The number of ether oxygens (including phenoxy) is 1. The van der Waals surface area contributed by atoms with Gasteiger partial charge in [0.15, 0.2) is 0 Å². The Hall–Kier alpha value is -1.10. The van der Waals surface area contributed by atoms with Crippen LogP contribution < -0.4 is 5.73 Å². The number of nitrogens with zero attached hydrogens (tertiary/aromatic N) is 1. The molecule has 0 saturated heterocycles. The molecule has 0 aromatic carbocycles. The Morgan fingerprint density at radius 2 is 2.00 bits per heavy atom. The largest absolute Gasteiger partial charge is 0.468 e. The van der Waals surface area contributed by atoms with E-state index in [9.17, 15) is 9.59 Å². The molecule has 0 radical (unpaired) electrons. The second-order valence-corrected chi connectivity index (χ2v) is 6.36. The van der Waals surface area contributed by atoms with E-state index < -0.39 is 5.41 Å². The third-order valence-corrected chi connectivity index (χ3v) is 4.99. The molecule has 5 nitrogen and oxygen atoms in total. The molecule has 1 aliphatic rings. The summed E-state index contributed by atoms with van der Waals surface area (Å²) in [6.07, 6.45) is 4.63. The Kier molecular flexibility index (Phi) is 6.65. The van der Waals surface area contributed by atoms with Gasteiger partial charge in [0.1, 0.15) is 6.54 Å². The highest BCUT2D eigenvalue weighted by molar-refractivity contribution is 5.87. The van der Waals surface area contributed by atoms with Gasteiger partial charge in [-0.3, -0.25) is 9.59 Å². The fourth-order valence-electron chi connectivity index (χ4n) is 3.12. The first-order chi connectivity index (χ1) is 9.88. The first-order valence-electron chi connectivity index (χ1n) is 8.00. The molecule has 122 valence electrons. The lowest BCUT2D eigenvalue weighted by molar-refractivity contribution is -0.152. The number of methoxy groups -OCH3 is 1. The van der Waals surface area contributed by atoms with Crippen LogP contribution in [0.4, 0.5) is 0 Å². The summed E-state index contributed by atoms with van der Waals surface area (Å²) < 4.78 is 4.74. The lowest BCUT2D eigenvalue weighted by Gasteiger charge is -2.35. The van der Waals surface area contributed by atoms with Crippen LogP contribution in [0.15, 0.2) is 0 Å². The van der Waals surface area contributed by atoms with Gasteiger partial charge < -0.3 is 15.4 Å². The van der Waals surface area contributed by atoms with Gasteiger partial charge >= 0.3 is 5.97 Å². The van der Waals surface area contributed by atoms with E-state index in [0.29, 0.717) is 12.5 Å². The van der Waals surface area contributed by atoms with Gasteiger partial charge in [0.25, 0.3) is 0 Å². The average molecular weight is 298 g/mol. The summed E-state index contributed by atoms with van der Waals surface area (Å²) in [5, 5.41) is 0. The predicted octanol–water partition coefficient (Wildman–Crippen LogP) is 1.94. The molecule has 0 aromatic heterocycles. The second kappa shape index (κ2) is 7.78. The van der Waals surface area contributed by atoms with Gasteiger partial charge in [-0.15, -0.1) is 0 Å². The molecule has 1 fully saturated rings. The smallest absolute Gasteiger partial charge is 0.325 e. The van der Waals surface area contributed by atoms with E-state index in [4.69, 9.17) is 10.5 Å². The van der Waals surface area contributed by atoms with Crippen molar-refractivity contribution in [1.82, 2.24) is 4.90 Å². The van der Waals surface area contributed by atoms with Crippen LogP contribution in [0.1, 0.15) is 52.9 Å². The topological polar surface area (TPSA) is 72.6 Å². The summed E-state index contributed by atoms with van der Waals surface area (Å²) in [6, 6.07) is -0.119. The highest BCUT2D eigenvalue weighted by Crippen LogP contribution is 2.38. The number of carbonyl (C=O) groups excluding carboxylic acids is 2. The van der Waals surface area contributed by atoms with Gasteiger partial charge in [-0.1, -0.05) is 33.1 Å². The van der Waals surface area contributed by atoms with Gasteiger partial charge in [0.05, 0.1) is 12.5 Å². The molecule has 2 atom stereocenters. The van der Waals surface area contributed by atoms with Crippen LogP contribution in [0.3, 0.4) is 0 Å². The van der Waals surface area contributed by atoms with Crippen molar-refractivity contribution in [3.05, 3.63) is 0 Å². The Balaban J connectivity index is 2.88. The summed E-state index contributed by atoms with van der Waals surface area (Å²) in [5.41, 5.74) is 5.61. The molecule has 0 bridgehead atoms. The maximum absolute atomic E-state index is 12.9. The minimum absolute atomic E-state index is 0.00444. The van der Waals surface area contributed by atoms with Crippen LogP contribution in [-0.2, 0) is 14.3 Å². The summed E-state index contributed by atoms with van der Waals surface area (Å²) in [5.74, 6) is 0.0362. The normalized spacial score (nSPS) is 25.1. The fraction of sp³-hybridized carbons (Fsp3) is 0.875. The highest BCUT2D eigenvalue weighted by Gasteiger charge is 2.45. The SMILES string of the molecule is CCC(CC)CN(CC(=O)OC)C(=O)C1(C)CCCC1N. The van der Waals surface area contributed by atoms with Crippen LogP contribution in [0, 0.1) is 11.3 Å². The first-order valence-corrected chi connectivity index (χ1v) is 8.00. The van der Waals surface area contributed by atoms with E-state index in [-0.39, 0.29) is 24.5 Å². The lowest BCUT2D eigenvalue weighted by atomic mass is 9.83. The second-order valence-electron chi connectivity index (χ2n) is 6.36. The maximum atomic E-state index is 12.9. The molecule has 2 unspecified atom stereocenters. The number of amides is 1. The molecule has 1 rings (SSSR count). The molecule has 1 aliphatic carbocycles. The molecule has 1 saturated carbocycles. The zero-order chi connectivity index (χ0) is 16.0. The summed E-state index contributed by atoms with van der Waals surface area (Å²) in [7, 11) is 1.35. The van der Waals surface area contributed by atoms with Crippen LogP contribution in [0.5, 0.6) is 0 Å². The lowest BCUT2D eigenvalue weighted by Crippen LogP contribution is -2.51. The van der Waals surface area contributed by atoms with Crippen LogP contribution in [0.2, 0.25) is 0 Å². The maximum Gasteiger partial charge on any atom is 0.325 e. The van der Waals surface area contributed by atoms with E-state index in [0.717, 1.165) is 32.1 Å². The fourth-order valence-corrected chi connectivity index (χ4v) is 3.12. The van der Waals surface area contributed by atoms with Crippen LogP contribution in [0.25, 0.3) is 0 Å². The summed E-state index contributed by atoms with van der Waals surface area (Å²) >= 11 is 0. The van der Waals surface area contributed by atoms with Gasteiger partial charge in [0, 0.05) is 12.6 Å². The van der Waals surface area contributed by atoms with Crippen LogP contribution >= 0.6 is 0 Å². The van der Waals surface area contributed by atoms with Gasteiger partial charge in [-0.05, 0) is 25.7 Å². The van der Waals surface area contributed by atoms with Gasteiger partial charge in [-0.2, -0.15) is 0 Å². The van der Waals surface area contributed by atoms with Gasteiger partial charge in [-0.25, -0.2) is 0 Å². The van der Waals surface area contributed by atoms with Crippen molar-refractivity contribution < 1.29 is 14.3 Å². The van der Waals surface area contributed by atoms with Crippen molar-refractivity contribution in [2.24, 2.45) is 17.1 Å². The van der Waals surface area contributed by atoms with Crippen molar-refractivity contribution in [2.75, 3.05) is 20.2 Å². The molecule has 21 heavy (non-hydrogen) atoms. The third-order valence-electron chi connectivity index (χ3n) is 4.99. The van der Waals surface area contributed by atoms with E-state index in [1.165, 1.54) is 7.11 Å². The molecular formula is C16H30N2O3. The van der Waals surface area contributed by atoms with Crippen molar-refractivity contribution >= 4 is 11.9 Å². The number of esters is 1. The molecule has 1 amide bonds. The minimum Gasteiger partial charge on any atom is -0.468 e. The number of nitrogens with two attached hydrogens (primary N) is 1. The Labute approximate surface area is 128 Å². The average Bonchev–Trinajstić information content (AvgIpc) is 2.83. The van der Waals surface area contributed by atoms with E-state index in [2.05, 4.69) is 13.8 Å². The molecule has 0 aliphatic heterocycles. The molecule has 5 heteroatoms. The number of hydrogen-bond acceptors (Lipinski definition) is 4. The van der Waals surface area contributed by atoms with E-state index in [1.54, 1.807) is 4.90 Å². The van der Waals surface area contributed by atoms with Crippen molar-refractivity contribution in [2.45, 2.75) is 58.9 Å². The van der Waals surface area contributed by atoms with Crippen LogP contribution in [-0.4, -0.2) is 43.0 Å². The quantitative estimate of drug-likeness (QED) is 0.729. The number of rotatable bonds is 7. The molecule has 0 spiro atoms. The molecule has 0 heterocycles. The zero-order valence-corrected chi connectivity index (χ0v) is 13.9. The van der Waals surface area contributed by atoms with E-state index in [1.807, 2.05) is 6.92 Å². The summed E-state index contributed by atoms with van der Waals surface area (Å²) in [4.78, 5) is 26.2.